The fourth-order valence-electron chi connectivity index (χ4n) is 2.37. The van der Waals surface area contributed by atoms with Gasteiger partial charge in [-0.3, -0.25) is 4.79 Å². The Morgan fingerprint density at radius 3 is 2.48 bits per heavy atom. The molecule has 0 radical (unpaired) electrons. The van der Waals surface area contributed by atoms with Crippen LogP contribution in [0.15, 0.2) is 18.3 Å². The van der Waals surface area contributed by atoms with E-state index in [1.165, 1.54) is 23.2 Å². The smallest absolute Gasteiger partial charge is 0.395 e. The summed E-state index contributed by atoms with van der Waals surface area (Å²) in [6.45, 7) is 2.50. The second kappa shape index (κ2) is 7.49. The van der Waals surface area contributed by atoms with Crippen LogP contribution in [0.1, 0.15) is 37.2 Å². The Balaban J connectivity index is 3.02. The van der Waals surface area contributed by atoms with Gasteiger partial charge in [-0.25, -0.2) is 0 Å². The fourth-order valence-corrected chi connectivity index (χ4v) is 2.37. The van der Waals surface area contributed by atoms with Crippen LogP contribution in [-0.2, 0) is 6.54 Å². The molecule has 0 saturated heterocycles. The zero-order valence-corrected chi connectivity index (χ0v) is 12.2. The van der Waals surface area contributed by atoms with Crippen LogP contribution < -0.4 is 0 Å². The number of rotatable bonds is 7. The molecular weight excluding hydrogens is 285 g/mol. The van der Waals surface area contributed by atoms with E-state index < -0.39 is 18.6 Å². The highest BCUT2D eigenvalue weighted by Gasteiger charge is 2.31. The van der Waals surface area contributed by atoms with Crippen molar-refractivity contribution < 1.29 is 23.1 Å². The van der Waals surface area contributed by atoms with E-state index in [4.69, 9.17) is 5.11 Å². The molecule has 0 aliphatic heterocycles. The Hall–Kier alpha value is -1.50. The minimum atomic E-state index is -4.38. The van der Waals surface area contributed by atoms with E-state index in [1.54, 1.807) is 0 Å². The first-order valence-corrected chi connectivity index (χ1v) is 6.97. The van der Waals surface area contributed by atoms with Gasteiger partial charge in [0.2, 0.25) is 0 Å². The molecule has 0 spiro atoms. The lowest BCUT2D eigenvalue weighted by Gasteiger charge is -2.30. The van der Waals surface area contributed by atoms with Crippen LogP contribution in [-0.4, -0.2) is 45.9 Å². The summed E-state index contributed by atoms with van der Waals surface area (Å²) in [5, 5.41) is 9.10. The summed E-state index contributed by atoms with van der Waals surface area (Å²) in [6.07, 6.45) is -1.78. The molecule has 7 heteroatoms. The number of amides is 1. The molecule has 21 heavy (non-hydrogen) atoms. The molecule has 1 aromatic rings. The van der Waals surface area contributed by atoms with Crippen molar-refractivity contribution in [3.8, 4) is 0 Å². The highest BCUT2D eigenvalue weighted by molar-refractivity contribution is 5.93. The molecule has 0 fully saturated rings. The Morgan fingerprint density at radius 1 is 1.38 bits per heavy atom. The Morgan fingerprint density at radius 2 is 2.00 bits per heavy atom. The maximum absolute atomic E-state index is 12.5. The number of hydrogen-bond acceptors (Lipinski definition) is 2. The van der Waals surface area contributed by atoms with Crippen LogP contribution in [0.25, 0.3) is 0 Å². The molecule has 0 aliphatic carbocycles. The molecule has 1 aromatic heterocycles. The molecular formula is C14H21F3N2O2. The van der Waals surface area contributed by atoms with Gasteiger partial charge in [0.15, 0.2) is 0 Å². The van der Waals surface area contributed by atoms with Gasteiger partial charge in [0.05, 0.1) is 6.61 Å². The molecule has 120 valence electrons. The molecule has 4 nitrogen and oxygen atoms in total. The van der Waals surface area contributed by atoms with Crippen molar-refractivity contribution in [1.82, 2.24) is 9.47 Å². The second-order valence-electron chi connectivity index (χ2n) is 4.83. The molecule has 0 bridgehead atoms. The summed E-state index contributed by atoms with van der Waals surface area (Å²) >= 11 is 0. The predicted molar refractivity (Wildman–Crippen MR) is 73.0 cm³/mol. The number of hydrogen-bond donors (Lipinski definition) is 1. The summed E-state index contributed by atoms with van der Waals surface area (Å²) in [5.74, 6) is -0.480. The summed E-state index contributed by atoms with van der Waals surface area (Å²) < 4.78 is 38.4. The van der Waals surface area contributed by atoms with Gasteiger partial charge in [-0.2, -0.15) is 13.2 Å². The zero-order chi connectivity index (χ0) is 16.0. The van der Waals surface area contributed by atoms with Crippen molar-refractivity contribution in [1.29, 1.82) is 0 Å². The van der Waals surface area contributed by atoms with Gasteiger partial charge in [-0.15, -0.1) is 0 Å². The van der Waals surface area contributed by atoms with E-state index in [1.807, 2.05) is 13.8 Å². The highest BCUT2D eigenvalue weighted by Crippen LogP contribution is 2.20. The van der Waals surface area contributed by atoms with Crippen molar-refractivity contribution >= 4 is 5.91 Å². The number of aliphatic hydroxyl groups is 1. The van der Waals surface area contributed by atoms with Gasteiger partial charge in [-0.1, -0.05) is 13.8 Å². The molecule has 0 aliphatic rings. The van der Waals surface area contributed by atoms with E-state index in [0.717, 1.165) is 4.57 Å². The van der Waals surface area contributed by atoms with Gasteiger partial charge in [-0.05, 0) is 25.0 Å². The van der Waals surface area contributed by atoms with Crippen molar-refractivity contribution in [2.45, 2.75) is 45.5 Å². The van der Waals surface area contributed by atoms with Crippen molar-refractivity contribution in [3.63, 3.8) is 0 Å². The van der Waals surface area contributed by atoms with Crippen LogP contribution >= 0.6 is 0 Å². The first kappa shape index (κ1) is 17.6. The number of alkyl halides is 3. The third-order valence-corrected chi connectivity index (χ3v) is 3.38. The summed E-state index contributed by atoms with van der Waals surface area (Å²) in [4.78, 5) is 13.9. The second-order valence-corrected chi connectivity index (χ2v) is 4.83. The first-order chi connectivity index (χ1) is 9.84. The van der Waals surface area contributed by atoms with E-state index in [-0.39, 0.29) is 24.9 Å². The van der Waals surface area contributed by atoms with Gasteiger partial charge in [0.1, 0.15) is 12.2 Å². The highest BCUT2D eigenvalue weighted by atomic mass is 19.4. The average molecular weight is 306 g/mol. The SMILES string of the molecule is CCC(CC)N(CCO)C(=O)c1cccn1CC(F)(F)F. The Bertz CT molecular complexity index is 453. The lowest BCUT2D eigenvalue weighted by molar-refractivity contribution is -0.140. The van der Waals surface area contributed by atoms with E-state index in [9.17, 15) is 18.0 Å². The van der Waals surface area contributed by atoms with Crippen LogP contribution in [0.5, 0.6) is 0 Å². The number of nitrogens with zero attached hydrogens (tertiary/aromatic N) is 2. The lowest BCUT2D eigenvalue weighted by Crippen LogP contribution is -2.42. The monoisotopic (exact) mass is 306 g/mol. The van der Waals surface area contributed by atoms with Crippen LogP contribution in [0.2, 0.25) is 0 Å². The van der Waals surface area contributed by atoms with Crippen LogP contribution in [0.4, 0.5) is 13.2 Å². The molecule has 0 aromatic carbocycles. The molecule has 1 rings (SSSR count). The van der Waals surface area contributed by atoms with Gasteiger partial charge in [0, 0.05) is 18.8 Å². The minimum Gasteiger partial charge on any atom is -0.395 e. The van der Waals surface area contributed by atoms with Crippen LogP contribution in [0, 0.1) is 0 Å². The third-order valence-electron chi connectivity index (χ3n) is 3.38. The van der Waals surface area contributed by atoms with Crippen molar-refractivity contribution in [2.75, 3.05) is 13.2 Å². The van der Waals surface area contributed by atoms with E-state index in [0.29, 0.717) is 12.8 Å². The topological polar surface area (TPSA) is 45.5 Å². The number of carbonyl (C=O) groups is 1. The third kappa shape index (κ3) is 4.77. The quantitative estimate of drug-likeness (QED) is 0.842. The molecule has 0 unspecified atom stereocenters. The van der Waals surface area contributed by atoms with Gasteiger partial charge in [0.25, 0.3) is 5.91 Å². The van der Waals surface area contributed by atoms with E-state index in [2.05, 4.69) is 0 Å². The Labute approximate surface area is 122 Å². The Kier molecular flexibility index (Phi) is 6.26. The first-order valence-electron chi connectivity index (χ1n) is 6.97. The van der Waals surface area contributed by atoms with Crippen molar-refractivity contribution in [3.05, 3.63) is 24.0 Å². The number of aliphatic hydroxyl groups excluding tert-OH is 1. The normalized spacial score (nSPS) is 12.0. The molecule has 0 saturated carbocycles. The standard InChI is InChI=1S/C14H21F3N2O2/c1-3-11(4-2)19(8-9-20)13(21)12-6-5-7-18(12)10-14(15,16)17/h5-7,11,20H,3-4,8-10H2,1-2H3. The van der Waals surface area contributed by atoms with E-state index >= 15 is 0 Å². The average Bonchev–Trinajstić information content (AvgIpc) is 2.84. The molecule has 1 amide bonds. The van der Waals surface area contributed by atoms with Crippen molar-refractivity contribution in [2.24, 2.45) is 0 Å². The molecule has 0 atom stereocenters. The molecule has 1 N–H and O–H groups in total. The fraction of sp³-hybridized carbons (Fsp3) is 0.643. The predicted octanol–water partition coefficient (Wildman–Crippen LogP) is 2.67. The number of aromatic nitrogens is 1. The maximum atomic E-state index is 12.5. The summed E-state index contributed by atoms with van der Waals surface area (Å²) in [7, 11) is 0. The number of halogens is 3. The summed E-state index contributed by atoms with van der Waals surface area (Å²) in [5.41, 5.74) is -0.00678. The number of carbonyl (C=O) groups excluding carboxylic acids is 1. The zero-order valence-electron chi connectivity index (χ0n) is 12.2. The largest absolute Gasteiger partial charge is 0.406 e. The minimum absolute atomic E-state index is 0.00678. The lowest BCUT2D eigenvalue weighted by atomic mass is 10.1. The van der Waals surface area contributed by atoms with Gasteiger partial charge >= 0.3 is 6.18 Å². The summed E-state index contributed by atoms with van der Waals surface area (Å²) in [6, 6.07) is 2.70. The van der Waals surface area contributed by atoms with Crippen LogP contribution in [0.3, 0.4) is 0 Å². The van der Waals surface area contributed by atoms with Gasteiger partial charge < -0.3 is 14.6 Å². The molecule has 1 heterocycles. The maximum Gasteiger partial charge on any atom is 0.406 e.